The Morgan fingerprint density at radius 3 is 2.38 bits per heavy atom. The van der Waals surface area contributed by atoms with Gasteiger partial charge >= 0.3 is 6.18 Å². The molecule has 0 bridgehead atoms. The molecule has 0 rings (SSSR count). The number of halogens is 3. The Labute approximate surface area is 126 Å². The third-order valence-electron chi connectivity index (χ3n) is 3.03. The largest absolute Gasteiger partial charge is 0.401 e. The van der Waals surface area contributed by atoms with E-state index in [4.69, 9.17) is 5.73 Å². The maximum absolute atomic E-state index is 12.1. The highest BCUT2D eigenvalue weighted by atomic mass is 19.4. The molecule has 0 saturated heterocycles. The van der Waals surface area contributed by atoms with Crippen LogP contribution in [0.2, 0.25) is 0 Å². The van der Waals surface area contributed by atoms with Gasteiger partial charge in [0, 0.05) is 12.6 Å². The van der Waals surface area contributed by atoms with E-state index in [1.165, 1.54) is 18.4 Å². The second-order valence-electron chi connectivity index (χ2n) is 5.99. The summed E-state index contributed by atoms with van der Waals surface area (Å²) in [5, 5.41) is 3.06. The Balaban J connectivity index is 3.87. The van der Waals surface area contributed by atoms with Crippen LogP contribution in [0.25, 0.3) is 0 Å². The first kappa shape index (κ1) is 20.0. The molecule has 0 radical (unpaired) electrons. The monoisotopic (exact) mass is 310 g/mol. The summed E-state index contributed by atoms with van der Waals surface area (Å²) in [5.41, 5.74) is 5.72. The fourth-order valence-corrected chi connectivity index (χ4v) is 1.93. The third-order valence-corrected chi connectivity index (χ3v) is 3.03. The fourth-order valence-electron chi connectivity index (χ4n) is 1.93. The molecule has 0 aromatic rings. The summed E-state index contributed by atoms with van der Waals surface area (Å²) >= 11 is 0. The van der Waals surface area contributed by atoms with E-state index in [-0.39, 0.29) is 19.1 Å². The second kappa shape index (κ2) is 9.87. The maximum atomic E-state index is 12.1. The van der Waals surface area contributed by atoms with Gasteiger partial charge in [0.25, 0.3) is 0 Å². The van der Waals surface area contributed by atoms with Gasteiger partial charge in [0.1, 0.15) is 0 Å². The van der Waals surface area contributed by atoms with Crippen molar-refractivity contribution in [3.63, 3.8) is 0 Å². The number of likely N-dealkylation sites (N-methyl/N-ethyl adjacent to an activating group) is 1. The first-order chi connectivity index (χ1) is 9.60. The van der Waals surface area contributed by atoms with Crippen molar-refractivity contribution in [2.45, 2.75) is 52.3 Å². The molecule has 0 aromatic carbocycles. The number of aliphatic imine (C=N–C) groups is 1. The molecule has 0 fully saturated rings. The van der Waals surface area contributed by atoms with Crippen molar-refractivity contribution in [2.75, 3.05) is 26.7 Å². The van der Waals surface area contributed by atoms with E-state index in [0.29, 0.717) is 11.9 Å². The first-order valence-electron chi connectivity index (χ1n) is 7.42. The summed E-state index contributed by atoms with van der Waals surface area (Å²) < 4.78 is 36.4. The zero-order valence-electron chi connectivity index (χ0n) is 13.5. The SMILES string of the molecule is CC(C)CCCC(C)NC(N)=NCCN(C)CC(F)(F)F. The van der Waals surface area contributed by atoms with Gasteiger partial charge in [-0.15, -0.1) is 0 Å². The summed E-state index contributed by atoms with van der Waals surface area (Å²) in [6, 6.07) is 0.223. The molecule has 7 heteroatoms. The van der Waals surface area contributed by atoms with Gasteiger partial charge in [-0.1, -0.05) is 26.7 Å². The lowest BCUT2D eigenvalue weighted by atomic mass is 10.0. The topological polar surface area (TPSA) is 53.6 Å². The minimum Gasteiger partial charge on any atom is -0.370 e. The Morgan fingerprint density at radius 2 is 1.86 bits per heavy atom. The summed E-state index contributed by atoms with van der Waals surface area (Å²) in [6.07, 6.45) is -0.881. The lowest BCUT2D eigenvalue weighted by molar-refractivity contribution is -0.142. The average molecular weight is 310 g/mol. The maximum Gasteiger partial charge on any atom is 0.401 e. The molecule has 0 aliphatic heterocycles. The van der Waals surface area contributed by atoms with E-state index in [0.717, 1.165) is 12.8 Å². The van der Waals surface area contributed by atoms with Gasteiger partial charge in [-0.3, -0.25) is 9.89 Å². The molecule has 0 aliphatic carbocycles. The van der Waals surface area contributed by atoms with Crippen LogP contribution in [0, 0.1) is 5.92 Å². The average Bonchev–Trinajstić information content (AvgIpc) is 2.25. The Bertz CT molecular complexity index is 303. The number of rotatable bonds is 9. The molecule has 0 saturated carbocycles. The summed E-state index contributed by atoms with van der Waals surface area (Å²) in [6.45, 7) is 5.95. The number of alkyl halides is 3. The predicted octanol–water partition coefficient (Wildman–Crippen LogP) is 2.60. The Kier molecular flexibility index (Phi) is 9.41. The molecule has 0 spiro atoms. The van der Waals surface area contributed by atoms with E-state index in [1.54, 1.807) is 0 Å². The molecule has 1 atom stereocenters. The van der Waals surface area contributed by atoms with Gasteiger partial charge in [-0.05, 0) is 26.3 Å². The van der Waals surface area contributed by atoms with Gasteiger partial charge < -0.3 is 11.1 Å². The summed E-state index contributed by atoms with van der Waals surface area (Å²) in [4.78, 5) is 5.23. The van der Waals surface area contributed by atoms with Gasteiger partial charge in [0.2, 0.25) is 0 Å². The van der Waals surface area contributed by atoms with Crippen LogP contribution >= 0.6 is 0 Å². The minimum absolute atomic E-state index is 0.223. The molecule has 4 nitrogen and oxygen atoms in total. The van der Waals surface area contributed by atoms with Crippen LogP contribution in [-0.4, -0.2) is 49.8 Å². The molecule has 0 heterocycles. The quantitative estimate of drug-likeness (QED) is 0.508. The third kappa shape index (κ3) is 13.7. The zero-order chi connectivity index (χ0) is 16.5. The molecular formula is C14H29F3N4. The molecule has 0 aromatic heterocycles. The van der Waals surface area contributed by atoms with Crippen LogP contribution in [-0.2, 0) is 0 Å². The molecule has 0 amide bonds. The highest BCUT2D eigenvalue weighted by Gasteiger charge is 2.28. The van der Waals surface area contributed by atoms with Crippen molar-refractivity contribution in [1.82, 2.24) is 10.2 Å². The van der Waals surface area contributed by atoms with Crippen molar-refractivity contribution < 1.29 is 13.2 Å². The minimum atomic E-state index is -4.17. The number of hydrogen-bond acceptors (Lipinski definition) is 2. The molecule has 0 aliphatic rings. The normalized spacial score (nSPS) is 14.8. The van der Waals surface area contributed by atoms with Crippen molar-refractivity contribution in [2.24, 2.45) is 16.6 Å². The molecule has 21 heavy (non-hydrogen) atoms. The lowest BCUT2D eigenvalue weighted by Gasteiger charge is -2.18. The Morgan fingerprint density at radius 1 is 1.24 bits per heavy atom. The highest BCUT2D eigenvalue weighted by Crippen LogP contribution is 2.15. The highest BCUT2D eigenvalue weighted by molar-refractivity contribution is 5.78. The van der Waals surface area contributed by atoms with Crippen LogP contribution in [0.15, 0.2) is 4.99 Å². The summed E-state index contributed by atoms with van der Waals surface area (Å²) in [5.74, 6) is 0.986. The number of guanidine groups is 1. The molecular weight excluding hydrogens is 281 g/mol. The van der Waals surface area contributed by atoms with Crippen LogP contribution in [0.1, 0.15) is 40.0 Å². The van der Waals surface area contributed by atoms with Crippen molar-refractivity contribution in [3.05, 3.63) is 0 Å². The number of nitrogens with zero attached hydrogens (tertiary/aromatic N) is 2. The fraction of sp³-hybridized carbons (Fsp3) is 0.929. The molecule has 1 unspecified atom stereocenters. The van der Waals surface area contributed by atoms with E-state index in [1.807, 2.05) is 6.92 Å². The lowest BCUT2D eigenvalue weighted by Crippen LogP contribution is -2.39. The van der Waals surface area contributed by atoms with Crippen LogP contribution in [0.3, 0.4) is 0 Å². The standard InChI is InChI=1S/C14H29F3N4/c1-11(2)6-5-7-12(3)20-13(18)19-8-9-21(4)10-14(15,16)17/h11-12H,5-10H2,1-4H3,(H3,18,19,20). The van der Waals surface area contributed by atoms with Crippen LogP contribution < -0.4 is 11.1 Å². The number of nitrogens with one attached hydrogen (secondary N) is 1. The predicted molar refractivity (Wildman–Crippen MR) is 81.3 cm³/mol. The molecule has 126 valence electrons. The van der Waals surface area contributed by atoms with Crippen LogP contribution in [0.5, 0.6) is 0 Å². The Hall–Kier alpha value is -0.980. The second-order valence-corrected chi connectivity index (χ2v) is 5.99. The van der Waals surface area contributed by atoms with E-state index < -0.39 is 12.7 Å². The smallest absolute Gasteiger partial charge is 0.370 e. The van der Waals surface area contributed by atoms with Gasteiger partial charge in [0.15, 0.2) is 5.96 Å². The zero-order valence-corrected chi connectivity index (χ0v) is 13.5. The van der Waals surface area contributed by atoms with Gasteiger partial charge in [0.05, 0.1) is 13.1 Å². The summed E-state index contributed by atoms with van der Waals surface area (Å²) in [7, 11) is 1.42. The van der Waals surface area contributed by atoms with Crippen LogP contribution in [0.4, 0.5) is 13.2 Å². The van der Waals surface area contributed by atoms with E-state index >= 15 is 0 Å². The van der Waals surface area contributed by atoms with Gasteiger partial charge in [-0.25, -0.2) is 0 Å². The van der Waals surface area contributed by atoms with E-state index in [2.05, 4.69) is 24.2 Å². The van der Waals surface area contributed by atoms with Gasteiger partial charge in [-0.2, -0.15) is 13.2 Å². The first-order valence-corrected chi connectivity index (χ1v) is 7.42. The molecule has 3 N–H and O–H groups in total. The van der Waals surface area contributed by atoms with Crippen molar-refractivity contribution in [3.8, 4) is 0 Å². The number of hydrogen-bond donors (Lipinski definition) is 2. The van der Waals surface area contributed by atoms with E-state index in [9.17, 15) is 13.2 Å². The van der Waals surface area contributed by atoms with Crippen molar-refractivity contribution >= 4 is 5.96 Å². The number of nitrogens with two attached hydrogens (primary N) is 1. The van der Waals surface area contributed by atoms with Crippen molar-refractivity contribution in [1.29, 1.82) is 0 Å².